The van der Waals surface area contributed by atoms with Crippen LogP contribution >= 0.6 is 0 Å². The minimum atomic E-state index is 0.732. The first-order valence-electron chi connectivity index (χ1n) is 6.11. The molecule has 2 rings (SSSR count). The summed E-state index contributed by atoms with van der Waals surface area (Å²) >= 11 is 0. The fourth-order valence-electron chi connectivity index (χ4n) is 1.78. The number of anilines is 1. The van der Waals surface area contributed by atoms with Crippen LogP contribution in [-0.4, -0.2) is 39.6 Å². The van der Waals surface area contributed by atoms with Crippen molar-refractivity contribution in [3.8, 4) is 11.3 Å². The number of nitrogens with two attached hydrogens (primary N) is 1. The van der Waals surface area contributed by atoms with Gasteiger partial charge in [-0.2, -0.15) is 0 Å². The summed E-state index contributed by atoms with van der Waals surface area (Å²) in [5.41, 5.74) is 8.66. The Bertz CT molecular complexity index is 506. The summed E-state index contributed by atoms with van der Waals surface area (Å²) in [4.78, 5) is 10.6. The molecule has 0 aromatic carbocycles. The van der Waals surface area contributed by atoms with Crippen LogP contribution in [0.25, 0.3) is 11.3 Å². The van der Waals surface area contributed by atoms with E-state index < -0.39 is 0 Å². The average molecular weight is 245 g/mol. The largest absolute Gasteiger partial charge is 0.398 e. The van der Waals surface area contributed by atoms with E-state index in [1.54, 1.807) is 12.4 Å². The molecule has 0 aliphatic carbocycles. The number of aromatic nitrogens is 3. The topological polar surface area (TPSA) is 60.0 Å². The standard InChI is InChI=1S/C13H19N5/c1-3-17(2)6-7-18-10-16-9-13(18)11-8-15-5-4-12(11)14/h4-5,8-10H,3,6-7H2,1-2H3,(H2,14,15). The van der Waals surface area contributed by atoms with Crippen LogP contribution in [0.5, 0.6) is 0 Å². The maximum Gasteiger partial charge on any atom is 0.0951 e. The van der Waals surface area contributed by atoms with Crippen molar-refractivity contribution in [2.24, 2.45) is 0 Å². The zero-order valence-electron chi connectivity index (χ0n) is 10.9. The van der Waals surface area contributed by atoms with Crippen molar-refractivity contribution < 1.29 is 0 Å². The Balaban J connectivity index is 2.20. The van der Waals surface area contributed by atoms with E-state index in [0.717, 1.165) is 36.6 Å². The maximum atomic E-state index is 5.97. The number of nitrogens with zero attached hydrogens (tertiary/aromatic N) is 4. The second-order valence-electron chi connectivity index (χ2n) is 4.33. The van der Waals surface area contributed by atoms with Crippen LogP contribution in [0.3, 0.4) is 0 Å². The first-order chi connectivity index (χ1) is 8.72. The predicted molar refractivity (Wildman–Crippen MR) is 73.0 cm³/mol. The average Bonchev–Trinajstić information content (AvgIpc) is 2.84. The third kappa shape index (κ3) is 2.68. The lowest BCUT2D eigenvalue weighted by molar-refractivity contribution is 0.336. The van der Waals surface area contributed by atoms with Gasteiger partial charge in [0, 0.05) is 36.7 Å². The minimum Gasteiger partial charge on any atom is -0.398 e. The molecule has 0 unspecified atom stereocenters. The van der Waals surface area contributed by atoms with Crippen LogP contribution in [0.1, 0.15) is 6.92 Å². The zero-order valence-corrected chi connectivity index (χ0v) is 10.9. The van der Waals surface area contributed by atoms with Gasteiger partial charge in [0.15, 0.2) is 0 Å². The third-order valence-electron chi connectivity index (χ3n) is 3.11. The molecule has 0 saturated carbocycles. The Labute approximate surface area is 107 Å². The number of hydrogen-bond acceptors (Lipinski definition) is 4. The second kappa shape index (κ2) is 5.64. The van der Waals surface area contributed by atoms with Crippen molar-refractivity contribution in [1.29, 1.82) is 0 Å². The molecule has 0 spiro atoms. The summed E-state index contributed by atoms with van der Waals surface area (Å²) in [7, 11) is 2.11. The van der Waals surface area contributed by atoms with E-state index in [-0.39, 0.29) is 0 Å². The van der Waals surface area contributed by atoms with Gasteiger partial charge < -0.3 is 15.2 Å². The highest BCUT2D eigenvalue weighted by molar-refractivity contribution is 5.72. The molecular formula is C13H19N5. The van der Waals surface area contributed by atoms with E-state index in [2.05, 4.69) is 33.4 Å². The number of imidazole rings is 1. The highest BCUT2D eigenvalue weighted by Gasteiger charge is 2.08. The Hall–Kier alpha value is -1.88. The van der Waals surface area contributed by atoms with Crippen LogP contribution in [0.15, 0.2) is 31.0 Å². The number of rotatable bonds is 5. The van der Waals surface area contributed by atoms with E-state index in [0.29, 0.717) is 0 Å². The molecule has 2 aromatic heterocycles. The first-order valence-corrected chi connectivity index (χ1v) is 6.11. The number of likely N-dealkylation sites (N-methyl/N-ethyl adjacent to an activating group) is 1. The van der Waals surface area contributed by atoms with Gasteiger partial charge in [-0.3, -0.25) is 4.98 Å². The highest BCUT2D eigenvalue weighted by Crippen LogP contribution is 2.23. The molecule has 0 aliphatic heterocycles. The molecule has 96 valence electrons. The lowest BCUT2D eigenvalue weighted by Gasteiger charge is -2.15. The van der Waals surface area contributed by atoms with E-state index in [9.17, 15) is 0 Å². The summed E-state index contributed by atoms with van der Waals surface area (Å²) in [6, 6.07) is 1.81. The molecule has 2 heterocycles. The van der Waals surface area contributed by atoms with E-state index in [4.69, 9.17) is 5.73 Å². The van der Waals surface area contributed by atoms with Gasteiger partial charge in [-0.1, -0.05) is 6.92 Å². The molecule has 5 nitrogen and oxygen atoms in total. The zero-order chi connectivity index (χ0) is 13.0. The third-order valence-corrected chi connectivity index (χ3v) is 3.11. The van der Waals surface area contributed by atoms with Gasteiger partial charge in [-0.15, -0.1) is 0 Å². The molecule has 2 aromatic rings. The van der Waals surface area contributed by atoms with Crippen molar-refractivity contribution >= 4 is 5.69 Å². The first kappa shape index (κ1) is 12.6. The molecule has 0 aliphatic rings. The number of nitrogen functional groups attached to an aromatic ring is 1. The molecule has 0 saturated heterocycles. The normalized spacial score (nSPS) is 11.1. The van der Waals surface area contributed by atoms with Gasteiger partial charge in [0.05, 0.1) is 18.2 Å². The van der Waals surface area contributed by atoms with E-state index >= 15 is 0 Å². The summed E-state index contributed by atoms with van der Waals surface area (Å²) in [5, 5.41) is 0. The quantitative estimate of drug-likeness (QED) is 0.866. The van der Waals surface area contributed by atoms with Gasteiger partial charge in [0.25, 0.3) is 0 Å². The Morgan fingerprint density at radius 2 is 2.17 bits per heavy atom. The second-order valence-corrected chi connectivity index (χ2v) is 4.33. The summed E-state index contributed by atoms with van der Waals surface area (Å²) in [5.74, 6) is 0. The highest BCUT2D eigenvalue weighted by atomic mass is 15.1. The number of pyridine rings is 1. The van der Waals surface area contributed by atoms with Gasteiger partial charge in [-0.05, 0) is 19.7 Å². The SMILES string of the molecule is CCN(C)CCn1cncc1-c1cnccc1N. The fourth-order valence-corrected chi connectivity index (χ4v) is 1.78. The van der Waals surface area contributed by atoms with Gasteiger partial charge in [0.2, 0.25) is 0 Å². The van der Waals surface area contributed by atoms with Crippen LogP contribution in [-0.2, 0) is 6.54 Å². The lowest BCUT2D eigenvalue weighted by Crippen LogP contribution is -2.22. The molecule has 2 N–H and O–H groups in total. The fraction of sp³-hybridized carbons (Fsp3) is 0.385. The molecular weight excluding hydrogens is 226 g/mol. The molecule has 0 fully saturated rings. The Morgan fingerprint density at radius 1 is 1.33 bits per heavy atom. The lowest BCUT2D eigenvalue weighted by atomic mass is 10.2. The molecule has 0 atom stereocenters. The molecule has 0 bridgehead atoms. The number of hydrogen-bond donors (Lipinski definition) is 1. The van der Waals surface area contributed by atoms with E-state index in [1.807, 2.05) is 18.6 Å². The smallest absolute Gasteiger partial charge is 0.0951 e. The van der Waals surface area contributed by atoms with E-state index in [1.165, 1.54) is 0 Å². The molecule has 5 heteroatoms. The van der Waals surface area contributed by atoms with Crippen molar-refractivity contribution in [2.75, 3.05) is 25.9 Å². The Kier molecular flexibility index (Phi) is 3.94. The van der Waals surface area contributed by atoms with Crippen LogP contribution in [0, 0.1) is 0 Å². The summed E-state index contributed by atoms with van der Waals surface area (Å²) < 4.78 is 2.11. The van der Waals surface area contributed by atoms with Crippen molar-refractivity contribution in [1.82, 2.24) is 19.4 Å². The summed E-state index contributed by atoms with van der Waals surface area (Å²) in [6.07, 6.45) is 7.15. The summed E-state index contributed by atoms with van der Waals surface area (Å²) in [6.45, 7) is 5.07. The van der Waals surface area contributed by atoms with Crippen LogP contribution < -0.4 is 5.73 Å². The van der Waals surface area contributed by atoms with Crippen molar-refractivity contribution in [3.05, 3.63) is 31.0 Å². The van der Waals surface area contributed by atoms with Gasteiger partial charge in [0.1, 0.15) is 0 Å². The monoisotopic (exact) mass is 245 g/mol. The van der Waals surface area contributed by atoms with Crippen LogP contribution in [0.4, 0.5) is 5.69 Å². The Morgan fingerprint density at radius 3 is 2.89 bits per heavy atom. The molecule has 18 heavy (non-hydrogen) atoms. The van der Waals surface area contributed by atoms with Crippen LogP contribution in [0.2, 0.25) is 0 Å². The van der Waals surface area contributed by atoms with Gasteiger partial charge in [-0.25, -0.2) is 4.98 Å². The van der Waals surface area contributed by atoms with Crippen molar-refractivity contribution in [2.45, 2.75) is 13.5 Å². The van der Waals surface area contributed by atoms with Gasteiger partial charge >= 0.3 is 0 Å². The predicted octanol–water partition coefficient (Wildman–Crippen LogP) is 1.48. The maximum absolute atomic E-state index is 5.97. The van der Waals surface area contributed by atoms with Crippen molar-refractivity contribution in [3.63, 3.8) is 0 Å². The minimum absolute atomic E-state index is 0.732. The molecule has 0 radical (unpaired) electrons. The molecule has 0 amide bonds.